The molecule has 0 spiro atoms. The zero-order valence-electron chi connectivity index (χ0n) is 8.25. The predicted molar refractivity (Wildman–Crippen MR) is 59.7 cm³/mol. The third kappa shape index (κ3) is 2.80. The summed E-state index contributed by atoms with van der Waals surface area (Å²) in [5.74, 6) is -0.0671. The number of pyridine rings is 1. The molecule has 0 fully saturated rings. The van der Waals surface area contributed by atoms with Crippen LogP contribution in [0.15, 0.2) is 18.3 Å². The quantitative estimate of drug-likeness (QED) is 0.840. The molecule has 4 heteroatoms. The van der Waals surface area contributed by atoms with Crippen LogP contribution < -0.4 is 5.32 Å². The Morgan fingerprint density at radius 3 is 3.00 bits per heavy atom. The molecule has 1 N–H and O–H groups in total. The molecule has 1 rings (SSSR count). The van der Waals surface area contributed by atoms with Crippen LogP contribution in [0.25, 0.3) is 0 Å². The zero-order chi connectivity index (χ0) is 10.6. The summed E-state index contributed by atoms with van der Waals surface area (Å²) in [5, 5.41) is 3.61. The van der Waals surface area contributed by atoms with Crippen molar-refractivity contribution in [1.29, 1.82) is 0 Å². The maximum absolute atomic E-state index is 11.7. The van der Waals surface area contributed by atoms with Gasteiger partial charge in [-0.1, -0.05) is 15.9 Å². The topological polar surface area (TPSA) is 42.0 Å². The smallest absolute Gasteiger partial charge is 0.253 e. The van der Waals surface area contributed by atoms with Gasteiger partial charge in [-0.05, 0) is 26.0 Å². The van der Waals surface area contributed by atoms with Crippen LogP contribution in [0.4, 0.5) is 0 Å². The molecular formula is C10H13BrN2O. The van der Waals surface area contributed by atoms with Gasteiger partial charge in [-0.15, -0.1) is 0 Å². The van der Waals surface area contributed by atoms with Gasteiger partial charge in [-0.3, -0.25) is 9.78 Å². The highest BCUT2D eigenvalue weighted by atomic mass is 79.9. The second-order valence-electron chi connectivity index (χ2n) is 3.17. The number of hydrogen-bond acceptors (Lipinski definition) is 2. The minimum atomic E-state index is -0.0671. The monoisotopic (exact) mass is 256 g/mol. The third-order valence-electron chi connectivity index (χ3n) is 1.86. The van der Waals surface area contributed by atoms with E-state index in [1.807, 2.05) is 13.8 Å². The zero-order valence-corrected chi connectivity index (χ0v) is 9.84. The van der Waals surface area contributed by atoms with E-state index in [0.717, 1.165) is 11.0 Å². The van der Waals surface area contributed by atoms with Crippen molar-refractivity contribution >= 4 is 21.8 Å². The lowest BCUT2D eigenvalue weighted by Gasteiger charge is -2.11. The maximum atomic E-state index is 11.7. The van der Waals surface area contributed by atoms with E-state index in [-0.39, 0.29) is 11.9 Å². The van der Waals surface area contributed by atoms with E-state index in [0.29, 0.717) is 5.56 Å². The van der Waals surface area contributed by atoms with Gasteiger partial charge < -0.3 is 5.32 Å². The number of hydrogen-bond donors (Lipinski definition) is 1. The Bertz CT molecular complexity index is 328. The Morgan fingerprint density at radius 2 is 2.43 bits per heavy atom. The molecule has 0 aliphatic carbocycles. The lowest BCUT2D eigenvalue weighted by atomic mass is 10.2. The number of rotatable bonds is 3. The number of aryl methyl sites for hydroxylation is 1. The van der Waals surface area contributed by atoms with Gasteiger partial charge in [0.05, 0.1) is 5.56 Å². The van der Waals surface area contributed by atoms with Crippen molar-refractivity contribution in [3.63, 3.8) is 0 Å². The van der Waals surface area contributed by atoms with Gasteiger partial charge in [0.15, 0.2) is 0 Å². The molecule has 1 aromatic rings. The molecule has 3 nitrogen and oxygen atoms in total. The first kappa shape index (κ1) is 11.2. The Kier molecular flexibility index (Phi) is 4.07. The van der Waals surface area contributed by atoms with Crippen LogP contribution in [0.2, 0.25) is 0 Å². The summed E-state index contributed by atoms with van der Waals surface area (Å²) in [4.78, 5) is 15.7. The fourth-order valence-electron chi connectivity index (χ4n) is 1.06. The Balaban J connectivity index is 2.75. The van der Waals surface area contributed by atoms with Crippen LogP contribution in [-0.4, -0.2) is 22.3 Å². The highest BCUT2D eigenvalue weighted by molar-refractivity contribution is 9.09. The molecule has 0 aliphatic heterocycles. The first-order valence-electron chi connectivity index (χ1n) is 4.43. The molecule has 0 bridgehead atoms. The summed E-state index contributed by atoms with van der Waals surface area (Å²) in [7, 11) is 0. The number of amides is 1. The SMILES string of the molecule is Cc1ncccc1C(=O)NC(C)CBr. The molecule has 0 radical (unpaired) electrons. The van der Waals surface area contributed by atoms with Gasteiger partial charge in [0.2, 0.25) is 0 Å². The number of carbonyl (C=O) groups is 1. The Hall–Kier alpha value is -0.900. The Morgan fingerprint density at radius 1 is 1.71 bits per heavy atom. The first-order chi connectivity index (χ1) is 6.65. The number of halogens is 1. The van der Waals surface area contributed by atoms with Crippen molar-refractivity contribution in [2.75, 3.05) is 5.33 Å². The standard InChI is InChI=1S/C10H13BrN2O/c1-7(6-11)13-10(14)9-4-3-5-12-8(9)2/h3-5,7H,6H2,1-2H3,(H,13,14). The molecule has 1 aromatic heterocycles. The van der Waals surface area contributed by atoms with Crippen molar-refractivity contribution in [1.82, 2.24) is 10.3 Å². The van der Waals surface area contributed by atoms with E-state index in [1.54, 1.807) is 18.3 Å². The predicted octanol–water partition coefficient (Wildman–Crippen LogP) is 1.90. The van der Waals surface area contributed by atoms with Crippen LogP contribution in [0.5, 0.6) is 0 Å². The van der Waals surface area contributed by atoms with Crippen LogP contribution >= 0.6 is 15.9 Å². The summed E-state index contributed by atoms with van der Waals surface area (Å²) in [6.45, 7) is 3.77. The summed E-state index contributed by atoms with van der Waals surface area (Å²) in [6, 6.07) is 3.67. The molecule has 76 valence electrons. The first-order valence-corrected chi connectivity index (χ1v) is 5.55. The molecule has 0 saturated heterocycles. The number of aromatic nitrogens is 1. The number of alkyl halides is 1. The van der Waals surface area contributed by atoms with Gasteiger partial charge in [-0.2, -0.15) is 0 Å². The number of nitrogens with zero attached hydrogens (tertiary/aromatic N) is 1. The number of nitrogens with one attached hydrogen (secondary N) is 1. The average molecular weight is 257 g/mol. The lowest BCUT2D eigenvalue weighted by Crippen LogP contribution is -2.34. The van der Waals surface area contributed by atoms with Gasteiger partial charge in [0, 0.05) is 23.3 Å². The average Bonchev–Trinajstić information content (AvgIpc) is 2.18. The van der Waals surface area contributed by atoms with Crippen molar-refractivity contribution in [2.24, 2.45) is 0 Å². The molecule has 1 amide bonds. The summed E-state index contributed by atoms with van der Waals surface area (Å²) in [5.41, 5.74) is 1.40. The van der Waals surface area contributed by atoms with Gasteiger partial charge in [0.1, 0.15) is 0 Å². The van der Waals surface area contributed by atoms with E-state index >= 15 is 0 Å². The van der Waals surface area contributed by atoms with Crippen molar-refractivity contribution < 1.29 is 4.79 Å². The van der Waals surface area contributed by atoms with Crippen LogP contribution in [0.1, 0.15) is 23.0 Å². The highest BCUT2D eigenvalue weighted by Gasteiger charge is 2.10. The summed E-state index contributed by atoms with van der Waals surface area (Å²) < 4.78 is 0. The van der Waals surface area contributed by atoms with E-state index in [2.05, 4.69) is 26.2 Å². The fraction of sp³-hybridized carbons (Fsp3) is 0.400. The molecule has 1 unspecified atom stereocenters. The molecule has 1 heterocycles. The maximum Gasteiger partial charge on any atom is 0.253 e. The van der Waals surface area contributed by atoms with Crippen LogP contribution in [0, 0.1) is 6.92 Å². The Labute approximate surface area is 92.1 Å². The van der Waals surface area contributed by atoms with E-state index in [9.17, 15) is 4.79 Å². The lowest BCUT2D eigenvalue weighted by molar-refractivity contribution is 0.0943. The minimum absolute atomic E-state index is 0.0671. The van der Waals surface area contributed by atoms with E-state index in [4.69, 9.17) is 0 Å². The molecular weight excluding hydrogens is 244 g/mol. The normalized spacial score (nSPS) is 12.2. The number of carbonyl (C=O) groups excluding carboxylic acids is 1. The second kappa shape index (κ2) is 5.10. The molecule has 0 aromatic carbocycles. The molecule has 1 atom stereocenters. The van der Waals surface area contributed by atoms with Crippen molar-refractivity contribution in [2.45, 2.75) is 19.9 Å². The third-order valence-corrected chi connectivity index (χ3v) is 2.83. The van der Waals surface area contributed by atoms with E-state index in [1.165, 1.54) is 0 Å². The molecule has 0 saturated carbocycles. The summed E-state index contributed by atoms with van der Waals surface area (Å²) >= 11 is 3.30. The molecule has 0 aliphatic rings. The largest absolute Gasteiger partial charge is 0.349 e. The minimum Gasteiger partial charge on any atom is -0.349 e. The molecule has 14 heavy (non-hydrogen) atoms. The van der Waals surface area contributed by atoms with E-state index < -0.39 is 0 Å². The highest BCUT2D eigenvalue weighted by Crippen LogP contribution is 2.03. The van der Waals surface area contributed by atoms with Crippen molar-refractivity contribution in [3.05, 3.63) is 29.6 Å². The summed E-state index contributed by atoms with van der Waals surface area (Å²) in [6.07, 6.45) is 1.68. The van der Waals surface area contributed by atoms with Crippen molar-refractivity contribution in [3.8, 4) is 0 Å². The fourth-order valence-corrected chi connectivity index (χ4v) is 1.23. The van der Waals surface area contributed by atoms with Crippen LogP contribution in [-0.2, 0) is 0 Å². The second-order valence-corrected chi connectivity index (χ2v) is 3.81. The van der Waals surface area contributed by atoms with Gasteiger partial charge in [0.25, 0.3) is 5.91 Å². The van der Waals surface area contributed by atoms with Crippen LogP contribution in [0.3, 0.4) is 0 Å². The van der Waals surface area contributed by atoms with Gasteiger partial charge in [-0.25, -0.2) is 0 Å². The van der Waals surface area contributed by atoms with Gasteiger partial charge >= 0.3 is 0 Å².